The minimum atomic E-state index is -0.360. The Bertz CT molecular complexity index is 942. The molecule has 0 bridgehead atoms. The van der Waals surface area contributed by atoms with E-state index in [1.54, 1.807) is 18.2 Å². The third-order valence-corrected chi connectivity index (χ3v) is 5.06. The van der Waals surface area contributed by atoms with Crippen LogP contribution in [0.1, 0.15) is 29.3 Å². The molecule has 29 heavy (non-hydrogen) atoms. The molecule has 3 heterocycles. The van der Waals surface area contributed by atoms with Gasteiger partial charge in [-0.15, -0.1) is 0 Å². The summed E-state index contributed by atoms with van der Waals surface area (Å²) >= 11 is 0. The smallest absolute Gasteiger partial charge is 0.224 e. The van der Waals surface area contributed by atoms with Crippen LogP contribution in [-0.2, 0) is 13.2 Å². The van der Waals surface area contributed by atoms with Crippen LogP contribution in [0.25, 0.3) is 0 Å². The van der Waals surface area contributed by atoms with Gasteiger partial charge in [-0.3, -0.25) is 10.00 Å². The molecule has 1 aromatic carbocycles. The number of hydrogen-bond donors (Lipinski definition) is 1. The molecule has 0 saturated carbocycles. The van der Waals surface area contributed by atoms with Crippen LogP contribution in [-0.4, -0.2) is 52.3 Å². The van der Waals surface area contributed by atoms with Crippen LogP contribution < -0.4 is 9.64 Å². The predicted octanol–water partition coefficient (Wildman–Crippen LogP) is 2.97. The second kappa shape index (κ2) is 8.57. The van der Waals surface area contributed by atoms with E-state index in [9.17, 15) is 4.39 Å². The van der Waals surface area contributed by atoms with E-state index in [0.717, 1.165) is 49.0 Å². The summed E-state index contributed by atoms with van der Waals surface area (Å²) in [4.78, 5) is 13.0. The fourth-order valence-electron chi connectivity index (χ4n) is 3.52. The lowest BCUT2D eigenvalue weighted by Crippen LogP contribution is -2.20. The Kier molecular flexibility index (Phi) is 5.71. The summed E-state index contributed by atoms with van der Waals surface area (Å²) in [6, 6.07) is 8.42. The summed E-state index contributed by atoms with van der Waals surface area (Å²) < 4.78 is 19.2. The number of hydrogen-bond acceptors (Lipinski definition) is 6. The van der Waals surface area contributed by atoms with Crippen molar-refractivity contribution in [1.82, 2.24) is 25.1 Å². The molecule has 0 aliphatic carbocycles. The first kappa shape index (κ1) is 19.3. The Labute approximate surface area is 169 Å². The molecule has 7 nitrogen and oxygen atoms in total. The van der Waals surface area contributed by atoms with Crippen molar-refractivity contribution in [2.75, 3.05) is 32.1 Å². The number of likely N-dealkylation sites (tertiary alicyclic amines) is 1. The summed E-state index contributed by atoms with van der Waals surface area (Å²) in [5.41, 5.74) is 2.98. The Balaban J connectivity index is 1.31. The Morgan fingerprint density at radius 2 is 2.03 bits per heavy atom. The molecule has 1 saturated heterocycles. The molecule has 0 spiro atoms. The molecule has 3 aromatic rings. The van der Waals surface area contributed by atoms with Gasteiger partial charge in [-0.2, -0.15) is 5.10 Å². The van der Waals surface area contributed by atoms with Gasteiger partial charge in [0.25, 0.3) is 0 Å². The van der Waals surface area contributed by atoms with Crippen molar-refractivity contribution in [3.63, 3.8) is 0 Å². The minimum absolute atomic E-state index is 0.248. The van der Waals surface area contributed by atoms with E-state index in [1.165, 1.54) is 6.07 Å². The predicted molar refractivity (Wildman–Crippen MR) is 108 cm³/mol. The molecule has 1 unspecified atom stereocenters. The number of aromatic amines is 1. The second-order valence-corrected chi connectivity index (χ2v) is 7.54. The van der Waals surface area contributed by atoms with E-state index < -0.39 is 0 Å². The van der Waals surface area contributed by atoms with Crippen molar-refractivity contribution < 1.29 is 9.13 Å². The lowest BCUT2D eigenvalue weighted by Gasteiger charge is -2.16. The quantitative estimate of drug-likeness (QED) is 0.662. The fraction of sp³-hybridized carbons (Fsp3) is 0.381. The van der Waals surface area contributed by atoms with Gasteiger partial charge in [0.05, 0.1) is 11.4 Å². The van der Waals surface area contributed by atoms with Crippen LogP contribution in [0.5, 0.6) is 5.75 Å². The zero-order chi connectivity index (χ0) is 20.2. The maximum atomic E-state index is 13.7. The maximum Gasteiger partial charge on any atom is 0.224 e. The number of benzene rings is 1. The van der Waals surface area contributed by atoms with Gasteiger partial charge < -0.3 is 9.64 Å². The molecule has 1 aliphatic heterocycles. The number of nitrogens with one attached hydrogen (secondary N) is 1. The van der Waals surface area contributed by atoms with Gasteiger partial charge in [0.2, 0.25) is 5.95 Å². The highest BCUT2D eigenvalue weighted by molar-refractivity contribution is 5.27. The van der Waals surface area contributed by atoms with Crippen molar-refractivity contribution in [3.8, 4) is 5.75 Å². The van der Waals surface area contributed by atoms with Gasteiger partial charge in [-0.25, -0.2) is 14.4 Å². The van der Waals surface area contributed by atoms with Crippen LogP contribution >= 0.6 is 0 Å². The number of rotatable bonds is 7. The summed E-state index contributed by atoms with van der Waals surface area (Å²) in [6.07, 6.45) is 4.83. The Hall–Kier alpha value is -3.00. The number of ether oxygens (including phenoxy) is 1. The van der Waals surface area contributed by atoms with E-state index in [0.29, 0.717) is 5.92 Å². The van der Waals surface area contributed by atoms with E-state index in [2.05, 4.69) is 25.1 Å². The van der Waals surface area contributed by atoms with E-state index >= 15 is 0 Å². The van der Waals surface area contributed by atoms with Crippen molar-refractivity contribution in [2.45, 2.75) is 25.5 Å². The highest BCUT2D eigenvalue weighted by Gasteiger charge is 2.26. The largest absolute Gasteiger partial charge is 0.484 e. The minimum Gasteiger partial charge on any atom is -0.484 e. The summed E-state index contributed by atoms with van der Waals surface area (Å²) in [5, 5.41) is 7.46. The highest BCUT2D eigenvalue weighted by Crippen LogP contribution is 2.27. The molecule has 1 fully saturated rings. The molecule has 1 N–H and O–H groups in total. The first-order valence-corrected chi connectivity index (χ1v) is 9.70. The lowest BCUT2D eigenvalue weighted by atomic mass is 10.1. The lowest BCUT2D eigenvalue weighted by molar-refractivity contribution is 0.286. The van der Waals surface area contributed by atoms with Crippen molar-refractivity contribution in [3.05, 3.63) is 65.5 Å². The number of para-hydroxylation sites is 1. The average molecular weight is 396 g/mol. The fourth-order valence-corrected chi connectivity index (χ4v) is 3.52. The zero-order valence-electron chi connectivity index (χ0n) is 16.7. The number of aromatic nitrogens is 4. The van der Waals surface area contributed by atoms with Gasteiger partial charge in [-0.05, 0) is 31.2 Å². The monoisotopic (exact) mass is 396 g/mol. The van der Waals surface area contributed by atoms with Crippen LogP contribution in [0, 0.1) is 5.82 Å². The van der Waals surface area contributed by atoms with E-state index in [-0.39, 0.29) is 18.2 Å². The Morgan fingerprint density at radius 1 is 1.24 bits per heavy atom. The Morgan fingerprint density at radius 3 is 2.79 bits per heavy atom. The van der Waals surface area contributed by atoms with Crippen molar-refractivity contribution in [2.24, 2.45) is 0 Å². The van der Waals surface area contributed by atoms with Gasteiger partial charge >= 0.3 is 0 Å². The maximum absolute atomic E-state index is 13.7. The van der Waals surface area contributed by atoms with Crippen LogP contribution in [0.4, 0.5) is 10.3 Å². The topological polar surface area (TPSA) is 70.2 Å². The molecule has 0 amide bonds. The molecule has 152 valence electrons. The molecule has 4 rings (SSSR count). The SMILES string of the molecule is CN(C)c1ncc(CN2CCC(c3cc(COc4ccccc4F)[nH]n3)C2)cn1. The highest BCUT2D eigenvalue weighted by atomic mass is 19.1. The van der Waals surface area contributed by atoms with E-state index in [4.69, 9.17) is 4.74 Å². The van der Waals surface area contributed by atoms with Crippen LogP contribution in [0.3, 0.4) is 0 Å². The van der Waals surface area contributed by atoms with Gasteiger partial charge in [0, 0.05) is 51.1 Å². The van der Waals surface area contributed by atoms with Gasteiger partial charge in [0.1, 0.15) is 6.61 Å². The summed E-state index contributed by atoms with van der Waals surface area (Å²) in [6.45, 7) is 3.04. The number of anilines is 1. The third-order valence-electron chi connectivity index (χ3n) is 5.06. The third kappa shape index (κ3) is 4.71. The molecular formula is C21H25FN6O. The standard InChI is InChI=1S/C21H25FN6O/c1-27(2)21-23-10-15(11-24-21)12-28-8-7-16(13-28)19-9-17(25-26-19)14-29-20-6-4-3-5-18(20)22/h3-6,9-11,16H,7-8,12-14H2,1-2H3,(H,25,26). The number of H-pyrrole nitrogens is 1. The van der Waals surface area contributed by atoms with Gasteiger partial charge in [0.15, 0.2) is 11.6 Å². The molecule has 1 atom stereocenters. The normalized spacial score (nSPS) is 16.9. The second-order valence-electron chi connectivity index (χ2n) is 7.54. The average Bonchev–Trinajstić information content (AvgIpc) is 3.37. The van der Waals surface area contributed by atoms with Crippen LogP contribution in [0.15, 0.2) is 42.7 Å². The number of nitrogens with zero attached hydrogens (tertiary/aromatic N) is 5. The number of halogens is 1. The first-order chi connectivity index (χ1) is 14.1. The molecule has 1 aliphatic rings. The molecule has 0 radical (unpaired) electrons. The van der Waals surface area contributed by atoms with E-state index in [1.807, 2.05) is 37.5 Å². The summed E-state index contributed by atoms with van der Waals surface area (Å²) in [5.74, 6) is 0.976. The van der Waals surface area contributed by atoms with Crippen molar-refractivity contribution in [1.29, 1.82) is 0 Å². The van der Waals surface area contributed by atoms with Gasteiger partial charge in [-0.1, -0.05) is 12.1 Å². The van der Waals surface area contributed by atoms with Crippen molar-refractivity contribution >= 4 is 5.95 Å². The summed E-state index contributed by atoms with van der Waals surface area (Å²) in [7, 11) is 3.86. The first-order valence-electron chi connectivity index (χ1n) is 9.70. The molecule has 2 aromatic heterocycles. The van der Waals surface area contributed by atoms with Crippen LogP contribution in [0.2, 0.25) is 0 Å². The molecule has 8 heteroatoms. The zero-order valence-corrected chi connectivity index (χ0v) is 16.7. The molecular weight excluding hydrogens is 371 g/mol.